The van der Waals surface area contributed by atoms with Gasteiger partial charge in [0.2, 0.25) is 5.78 Å². The molecule has 0 bridgehead atoms. The number of carbonyl (C=O) groups excluding carboxylic acids is 4. The van der Waals surface area contributed by atoms with E-state index in [-0.39, 0.29) is 78.1 Å². The number of aromatic hydroxyl groups is 1. The van der Waals surface area contributed by atoms with Crippen LogP contribution in [-0.2, 0) is 36.0 Å². The fourth-order valence-corrected chi connectivity index (χ4v) is 11.7. The van der Waals surface area contributed by atoms with E-state index in [2.05, 4.69) is 25.3 Å². The number of alkyl halides is 1. The highest BCUT2D eigenvalue weighted by Crippen LogP contribution is 2.42. The first-order valence-corrected chi connectivity index (χ1v) is 35.2. The Kier molecular flexibility index (Phi) is 27.2. The highest BCUT2D eigenvalue weighted by Gasteiger charge is 2.34. The highest BCUT2D eigenvalue weighted by atomic mass is 35.5. The Morgan fingerprint density at radius 3 is 1.38 bits per heavy atom. The van der Waals surface area contributed by atoms with Gasteiger partial charge in [0.05, 0.1) is 41.5 Å². The lowest BCUT2D eigenvalue weighted by Gasteiger charge is -2.14. The fourth-order valence-electron chi connectivity index (χ4n) is 11.6. The number of nitro benzene ring substituents is 2. The highest BCUT2D eigenvalue weighted by molar-refractivity contribution is 6.64. The number of amides is 1. The number of phenolic OH excluding ortho intramolecular Hbond substituents is 1. The van der Waals surface area contributed by atoms with Gasteiger partial charge >= 0.3 is 0 Å². The number of imidazole rings is 2. The van der Waals surface area contributed by atoms with Gasteiger partial charge in [-0.3, -0.25) is 43.8 Å². The Labute approximate surface area is 662 Å². The Morgan fingerprint density at radius 1 is 0.483 bits per heavy atom. The first-order valence-electron chi connectivity index (χ1n) is 35.5. The molecule has 16 rings (SSSR count). The zero-order chi connectivity index (χ0) is 82.9. The van der Waals surface area contributed by atoms with Crippen molar-refractivity contribution >= 4 is 100 Å². The van der Waals surface area contributed by atoms with Gasteiger partial charge in [0, 0.05) is 49.5 Å². The molecule has 1 aliphatic carbocycles. The Morgan fingerprint density at radius 2 is 0.888 bits per heavy atom. The van der Waals surface area contributed by atoms with Crippen molar-refractivity contribution in [2.75, 3.05) is 31.4 Å². The number of fused-ring (bicyclic) bond motifs is 8. The number of hydrogen-bond acceptors (Lipinski definition) is 18. The quantitative estimate of drug-likeness (QED) is 0.0111. The summed E-state index contributed by atoms with van der Waals surface area (Å²) in [5, 5.41) is 39.2. The van der Waals surface area contributed by atoms with Crippen LogP contribution in [0, 0.1) is 43.5 Å². The smallest absolute Gasteiger partial charge is 0.297 e. The average Bonchev–Trinajstić information content (AvgIpc) is 1.60. The molecule has 0 aliphatic heterocycles. The number of H-pyrrole nitrogens is 2. The summed E-state index contributed by atoms with van der Waals surface area (Å²) in [6, 6.07) is 74.0. The molecule has 6 N–H and O–H groups in total. The molecular weight excluding hydrogens is 1530 g/mol. The number of nitrogen functional groups attached to an aromatic ring is 1. The molecular formula is C87H66ClF5N8O15. The van der Waals surface area contributed by atoms with Gasteiger partial charge in [0.15, 0.2) is 13.2 Å². The molecule has 2 heterocycles. The van der Waals surface area contributed by atoms with Crippen molar-refractivity contribution in [3.05, 3.63) is 351 Å². The second kappa shape index (κ2) is 39.2. The molecule has 0 saturated carbocycles. The summed E-state index contributed by atoms with van der Waals surface area (Å²) in [5.41, 5.74) is 10.7. The van der Waals surface area contributed by atoms with Crippen LogP contribution < -0.4 is 39.5 Å². The molecule has 0 fully saturated rings. The Bertz CT molecular complexity index is 6020. The Balaban J connectivity index is 0.000000146. The molecule has 586 valence electrons. The number of nitrogens with one attached hydrogen (secondary N) is 3. The first kappa shape index (κ1) is 80.5. The fraction of sp³-hybridized carbons (Fsp3) is 0.0805. The van der Waals surface area contributed by atoms with E-state index in [1.165, 1.54) is 97.1 Å². The summed E-state index contributed by atoms with van der Waals surface area (Å²) in [6.07, 6.45) is 0. The summed E-state index contributed by atoms with van der Waals surface area (Å²) >= 11 is 5.02. The predicted octanol–water partition coefficient (Wildman–Crippen LogP) is 19.3. The summed E-state index contributed by atoms with van der Waals surface area (Å²) in [7, 11) is -1.00. The number of Topliss-reactive ketones (excluding diaryl/α,β-unsaturated/α-hetero) is 2. The zero-order valence-electron chi connectivity index (χ0n) is 61.7. The van der Waals surface area contributed by atoms with Crippen LogP contribution in [0.5, 0.6) is 40.2 Å². The van der Waals surface area contributed by atoms with E-state index in [1.54, 1.807) is 78.9 Å². The number of rotatable bonds is 21. The van der Waals surface area contributed by atoms with Crippen molar-refractivity contribution in [1.82, 2.24) is 19.9 Å². The summed E-state index contributed by atoms with van der Waals surface area (Å²) in [4.78, 5) is 83.9. The number of ether oxygens (including phenoxy) is 6. The number of benzene rings is 13. The number of anilines is 2. The van der Waals surface area contributed by atoms with Gasteiger partial charge in [-0.15, -0.1) is 0 Å². The number of aromatic amines is 2. The monoisotopic (exact) mass is 1590 g/mol. The molecule has 0 saturated heterocycles. The number of nitrogens with two attached hydrogens (primary N) is 1. The maximum atomic E-state index is 13.0. The standard InChI is InChI=1S/C25H19FN2O5.C18H11FN2O3.C18H13FN2O2.C17H14N2O3.C8H6ClFO2.CH3F/c26-18-10-12-19(13-11-18)32-16-24(29)27-25-21-9-5-4-8-20(21)23(14-22(25)28(30)31)33-15-17-6-2-1-3-7-17;19-10-5-7-11(8-6-10)24-9-14-20-15-12-3-1-2-4-13(12)17(22)18(23)16(15)21-14;19-11-5-7-12(8-6-11)23-10-17-20-15-9-16(22)13-3-1-2-4-14(13)18(15)21-17;18-17-14-9-5-4-8-13(14)16(10-15(17)19(20)21)22-11-12-6-2-1-3-7-12;9-8(11)5-12-7-3-1-6(10)2-4-7;1-2/h1-14H,15-16H2,(H,27,29);1-8H,9H2,(H,20,21);1-9,22H,10H2,(H,20,21);1-10H,11,18H2;1-4H,5H2;1H3/i;;;;;1D. The van der Waals surface area contributed by atoms with Gasteiger partial charge in [0.25, 0.3) is 28.3 Å². The van der Waals surface area contributed by atoms with Gasteiger partial charge < -0.3 is 54.5 Å². The van der Waals surface area contributed by atoms with Crippen molar-refractivity contribution in [1.29, 1.82) is 0 Å². The van der Waals surface area contributed by atoms with E-state index >= 15 is 0 Å². The van der Waals surface area contributed by atoms with Crippen LogP contribution in [-0.4, -0.2) is 78.0 Å². The van der Waals surface area contributed by atoms with Gasteiger partial charge in [-0.25, -0.2) is 27.5 Å². The van der Waals surface area contributed by atoms with E-state index < -0.39 is 52.1 Å². The van der Waals surface area contributed by atoms with Crippen molar-refractivity contribution < 1.29 is 85.9 Å². The summed E-state index contributed by atoms with van der Waals surface area (Å²) < 4.78 is 99.6. The predicted molar refractivity (Wildman–Crippen MR) is 427 cm³/mol. The molecule has 0 atom stereocenters. The lowest BCUT2D eigenvalue weighted by molar-refractivity contribution is -0.384. The molecule has 13 aromatic carbocycles. The van der Waals surface area contributed by atoms with Crippen molar-refractivity contribution in [3.63, 3.8) is 0 Å². The molecule has 23 nitrogen and oxygen atoms in total. The largest absolute Gasteiger partial charge is 0.507 e. The van der Waals surface area contributed by atoms with Gasteiger partial charge in [-0.05, 0) is 120 Å². The zero-order valence-corrected chi connectivity index (χ0v) is 61.5. The third-order valence-corrected chi connectivity index (χ3v) is 17.1. The number of carbonyl (C=O) groups is 4. The van der Waals surface area contributed by atoms with Crippen LogP contribution in [0.25, 0.3) is 54.6 Å². The number of ketones is 2. The number of hydrogen-bond donors (Lipinski definition) is 5. The molecule has 0 spiro atoms. The summed E-state index contributed by atoms with van der Waals surface area (Å²) in [5.74, 6) is 0.659. The number of phenols is 1. The van der Waals surface area contributed by atoms with E-state index in [0.717, 1.165) is 38.3 Å². The summed E-state index contributed by atoms with van der Waals surface area (Å²) in [6.45, 7) is 0.277. The maximum Gasteiger partial charge on any atom is 0.297 e. The molecule has 1 aliphatic rings. The molecule has 15 aromatic rings. The van der Waals surface area contributed by atoms with Gasteiger partial charge in [-0.2, -0.15) is 0 Å². The van der Waals surface area contributed by atoms with Gasteiger partial charge in [-0.1, -0.05) is 158 Å². The minimum atomic E-state index is -1.00. The topological polar surface area (TPSA) is 326 Å². The molecule has 0 unspecified atom stereocenters. The van der Waals surface area contributed by atoms with E-state index in [9.17, 15) is 66.5 Å². The second-order valence-corrected chi connectivity index (χ2v) is 25.2. The van der Waals surface area contributed by atoms with Crippen molar-refractivity contribution in [2.24, 2.45) is 0 Å². The molecule has 2 aromatic heterocycles. The third kappa shape index (κ3) is 21.3. The normalized spacial score (nSPS) is 11.0. The van der Waals surface area contributed by atoms with Gasteiger partial charge in [0.1, 0.15) is 124 Å². The molecule has 0 radical (unpaired) electrons. The van der Waals surface area contributed by atoms with E-state index in [4.69, 9.17) is 47.1 Å². The van der Waals surface area contributed by atoms with Crippen LogP contribution in [0.1, 0.15) is 45.0 Å². The molecule has 1 amide bonds. The maximum absolute atomic E-state index is 13.0. The number of halogens is 6. The Hall–Kier alpha value is -15.1. The van der Waals surface area contributed by atoms with Crippen molar-refractivity contribution in [3.8, 4) is 51.5 Å². The van der Waals surface area contributed by atoms with Crippen LogP contribution in [0.4, 0.5) is 44.7 Å². The van der Waals surface area contributed by atoms with Crippen LogP contribution in [0.15, 0.2) is 273 Å². The lowest BCUT2D eigenvalue weighted by Crippen LogP contribution is -2.21. The minimum Gasteiger partial charge on any atom is -0.507 e. The second-order valence-electron chi connectivity index (χ2n) is 24.7. The molecule has 29 heteroatoms. The van der Waals surface area contributed by atoms with E-state index in [0.29, 0.717) is 85.7 Å². The van der Waals surface area contributed by atoms with Crippen molar-refractivity contribution in [2.45, 2.75) is 26.4 Å². The molecule has 116 heavy (non-hydrogen) atoms. The number of nitro groups is 2. The first-order chi connectivity index (χ1) is 56.6. The van der Waals surface area contributed by atoms with Crippen LogP contribution in [0.2, 0.25) is 0 Å². The lowest BCUT2D eigenvalue weighted by atomic mass is 9.90. The van der Waals surface area contributed by atoms with Crippen LogP contribution >= 0.6 is 11.6 Å². The number of nitrogens with zero attached hydrogens (tertiary/aromatic N) is 4. The SMILES string of the molecule is Nc1c([N+](=O)[O-])cc(OCc2ccccc2)c2ccccc12.O=C(COc1ccc(F)cc1)Nc1c([N+](=O)[O-])cc(OCc2ccccc2)c2ccccc12.O=C(Cl)COc1ccc(F)cc1.O=C1C(=O)c2[nH]c(COc3ccc(F)cc3)nc2-c2ccccc21.Oc1cc2[nH]c(COc3ccc(F)cc3)nc2c2ccccc12.[2H]CF. The average molecular weight is 1590 g/mol. The van der Waals surface area contributed by atoms with E-state index in [1.807, 2.05) is 97.1 Å². The third-order valence-electron chi connectivity index (χ3n) is 17.0. The van der Waals surface area contributed by atoms with Crippen LogP contribution in [0.3, 0.4) is 0 Å². The minimum absolute atomic E-state index is 0.0513. The number of aromatic nitrogens is 4.